The molecule has 8 nitrogen and oxygen atoms in total. The average molecular weight is 478 g/mol. The summed E-state index contributed by atoms with van der Waals surface area (Å²) in [7, 11) is -3.91. The maximum Gasteiger partial charge on any atom is 0.573 e. The Hall–Kier alpha value is -2.60. The van der Waals surface area contributed by atoms with Gasteiger partial charge in [-0.2, -0.15) is 4.31 Å². The summed E-state index contributed by atoms with van der Waals surface area (Å²) in [6, 6.07) is 3.97. The van der Waals surface area contributed by atoms with Gasteiger partial charge in [-0.05, 0) is 57.9 Å². The van der Waals surface area contributed by atoms with Gasteiger partial charge in [0.15, 0.2) is 0 Å². The highest BCUT2D eigenvalue weighted by Crippen LogP contribution is 2.27. The molecule has 0 saturated carbocycles. The van der Waals surface area contributed by atoms with Crippen molar-refractivity contribution in [2.45, 2.75) is 50.5 Å². The van der Waals surface area contributed by atoms with E-state index < -0.39 is 39.6 Å². The third kappa shape index (κ3) is 8.15. The Morgan fingerprint density at radius 1 is 1.09 bits per heavy atom. The highest BCUT2D eigenvalue weighted by Gasteiger charge is 2.32. The number of ether oxygens (including phenoxy) is 2. The predicted octanol–water partition coefficient (Wildman–Crippen LogP) is 2.75. The van der Waals surface area contributed by atoms with Crippen LogP contribution >= 0.6 is 0 Å². The number of hydrogen-bond donors (Lipinski definition) is 1. The molecule has 0 aliphatic carbocycles. The first kappa shape index (κ1) is 25.7. The number of alkyl halides is 3. The van der Waals surface area contributed by atoms with Crippen molar-refractivity contribution in [3.8, 4) is 5.75 Å². The summed E-state index contributed by atoms with van der Waals surface area (Å²) in [5, 5.41) is 2.43. The Morgan fingerprint density at radius 2 is 1.66 bits per heavy atom. The van der Waals surface area contributed by atoms with Gasteiger partial charge in [0.1, 0.15) is 17.9 Å². The molecule has 178 valence electrons. The van der Waals surface area contributed by atoms with Crippen molar-refractivity contribution in [2.24, 2.45) is 0 Å². The zero-order valence-electron chi connectivity index (χ0n) is 17.9. The number of hydrogen-bond acceptors (Lipinski definition) is 6. The van der Waals surface area contributed by atoms with Crippen LogP contribution in [0.15, 0.2) is 40.8 Å². The van der Waals surface area contributed by atoms with E-state index in [1.807, 2.05) is 0 Å². The number of benzene rings is 1. The zero-order valence-corrected chi connectivity index (χ0v) is 18.7. The molecule has 12 heteroatoms. The van der Waals surface area contributed by atoms with E-state index in [4.69, 9.17) is 4.74 Å². The summed E-state index contributed by atoms with van der Waals surface area (Å²) < 4.78 is 72.2. The van der Waals surface area contributed by atoms with Crippen molar-refractivity contribution >= 4 is 21.9 Å². The summed E-state index contributed by atoms with van der Waals surface area (Å²) in [6.45, 7) is 5.06. The largest absolute Gasteiger partial charge is 0.573 e. The van der Waals surface area contributed by atoms with E-state index in [1.165, 1.54) is 10.4 Å². The highest BCUT2D eigenvalue weighted by atomic mass is 32.2. The van der Waals surface area contributed by atoms with E-state index in [1.54, 1.807) is 20.8 Å². The SMILES string of the molecule is CC(C)(C)OC(=O)CNC(=O)C=C1CCN(S(=O)(=O)c2ccc(OC(F)(F)F)cc2)CC1. The molecule has 0 unspecified atom stereocenters. The van der Waals surface area contributed by atoms with Gasteiger partial charge >= 0.3 is 12.3 Å². The molecule has 0 bridgehead atoms. The monoisotopic (exact) mass is 478 g/mol. The molecule has 1 aromatic rings. The standard InChI is InChI=1S/C20H25F3N2O6S/c1-19(2,3)31-18(27)13-24-17(26)12-14-8-10-25(11-9-14)32(28,29)16-6-4-15(5-7-16)30-20(21,22)23/h4-7,12H,8-11,13H2,1-3H3,(H,24,26). The van der Waals surface area contributed by atoms with Crippen LogP contribution in [0.1, 0.15) is 33.6 Å². The fourth-order valence-corrected chi connectivity index (χ4v) is 4.34. The fraction of sp³-hybridized carbons (Fsp3) is 0.500. The second kappa shape index (κ2) is 9.90. The van der Waals surface area contributed by atoms with E-state index in [2.05, 4.69) is 10.1 Å². The van der Waals surface area contributed by atoms with Crippen LogP contribution < -0.4 is 10.1 Å². The van der Waals surface area contributed by atoms with Crippen molar-refractivity contribution in [2.75, 3.05) is 19.6 Å². The summed E-state index contributed by atoms with van der Waals surface area (Å²) in [5.41, 5.74) is 0.0524. The molecule has 0 spiro atoms. The normalized spacial score (nSPS) is 15.8. The second-order valence-corrected chi connectivity index (χ2v) is 9.97. The molecule has 1 N–H and O–H groups in total. The van der Waals surface area contributed by atoms with Gasteiger partial charge in [0.05, 0.1) is 4.90 Å². The van der Waals surface area contributed by atoms with E-state index in [-0.39, 0.29) is 24.5 Å². The molecule has 32 heavy (non-hydrogen) atoms. The molecule has 1 aromatic carbocycles. The van der Waals surface area contributed by atoms with Crippen LogP contribution in [0.2, 0.25) is 0 Å². The van der Waals surface area contributed by atoms with E-state index in [0.29, 0.717) is 18.4 Å². The first-order chi connectivity index (χ1) is 14.7. The first-order valence-corrected chi connectivity index (χ1v) is 11.1. The van der Waals surface area contributed by atoms with Gasteiger partial charge in [0.25, 0.3) is 0 Å². The lowest BCUT2D eigenvalue weighted by atomic mass is 10.1. The quantitative estimate of drug-likeness (QED) is 0.498. The minimum Gasteiger partial charge on any atom is -0.459 e. The third-order valence-corrected chi connectivity index (χ3v) is 6.13. The van der Waals surface area contributed by atoms with Crippen molar-refractivity contribution in [3.63, 3.8) is 0 Å². The van der Waals surface area contributed by atoms with E-state index in [0.717, 1.165) is 24.3 Å². The van der Waals surface area contributed by atoms with Gasteiger partial charge in [-0.1, -0.05) is 5.57 Å². The maximum atomic E-state index is 12.7. The lowest BCUT2D eigenvalue weighted by Crippen LogP contribution is -2.37. The van der Waals surface area contributed by atoms with Crippen LogP contribution in [-0.2, 0) is 24.3 Å². The van der Waals surface area contributed by atoms with E-state index >= 15 is 0 Å². The molecule has 1 aliphatic rings. The maximum absolute atomic E-state index is 12.7. The number of sulfonamides is 1. The molecule has 1 fully saturated rings. The van der Waals surface area contributed by atoms with Crippen LogP contribution in [-0.4, -0.2) is 56.2 Å². The molecular formula is C20H25F3N2O6S. The lowest BCUT2D eigenvalue weighted by Gasteiger charge is -2.27. The van der Waals surface area contributed by atoms with Gasteiger partial charge in [0, 0.05) is 19.2 Å². The number of amides is 1. The number of piperidine rings is 1. The van der Waals surface area contributed by atoms with Crippen LogP contribution in [0.3, 0.4) is 0 Å². The number of carbonyl (C=O) groups excluding carboxylic acids is 2. The van der Waals surface area contributed by atoms with Gasteiger partial charge in [-0.3, -0.25) is 9.59 Å². The number of esters is 1. The van der Waals surface area contributed by atoms with Crippen LogP contribution in [0, 0.1) is 0 Å². The summed E-state index contributed by atoms with van der Waals surface area (Å²) in [4.78, 5) is 23.5. The van der Waals surface area contributed by atoms with Crippen LogP contribution in [0.25, 0.3) is 0 Å². The smallest absolute Gasteiger partial charge is 0.459 e. The Bertz CT molecular complexity index is 957. The molecular weight excluding hydrogens is 453 g/mol. The number of rotatable bonds is 6. The average Bonchev–Trinajstić information content (AvgIpc) is 2.65. The van der Waals surface area contributed by atoms with Crippen molar-refractivity contribution in [3.05, 3.63) is 35.9 Å². The molecule has 0 radical (unpaired) electrons. The topological polar surface area (TPSA) is 102 Å². The van der Waals surface area contributed by atoms with Gasteiger partial charge < -0.3 is 14.8 Å². The molecule has 1 amide bonds. The summed E-state index contributed by atoms with van der Waals surface area (Å²) in [6.07, 6.45) is -2.94. The van der Waals surface area contributed by atoms with Crippen molar-refractivity contribution < 1.29 is 40.7 Å². The van der Waals surface area contributed by atoms with Crippen LogP contribution in [0.4, 0.5) is 13.2 Å². The summed E-state index contributed by atoms with van der Waals surface area (Å²) in [5.74, 6) is -1.57. The van der Waals surface area contributed by atoms with Crippen molar-refractivity contribution in [1.82, 2.24) is 9.62 Å². The Morgan fingerprint density at radius 3 is 2.16 bits per heavy atom. The molecule has 1 saturated heterocycles. The van der Waals surface area contributed by atoms with Gasteiger partial charge in [-0.25, -0.2) is 8.42 Å². The van der Waals surface area contributed by atoms with Gasteiger partial charge in [-0.15, -0.1) is 13.2 Å². The Balaban J connectivity index is 1.90. The molecule has 1 aliphatic heterocycles. The second-order valence-electron chi connectivity index (χ2n) is 8.03. The van der Waals surface area contributed by atoms with E-state index in [9.17, 15) is 31.2 Å². The molecule has 0 aromatic heterocycles. The third-order valence-electron chi connectivity index (χ3n) is 4.22. The Kier molecular flexibility index (Phi) is 7.94. The van der Waals surface area contributed by atoms with Crippen molar-refractivity contribution in [1.29, 1.82) is 0 Å². The minimum atomic E-state index is -4.87. The zero-order chi connectivity index (χ0) is 24.2. The fourth-order valence-electron chi connectivity index (χ4n) is 2.89. The number of nitrogens with zero attached hydrogens (tertiary/aromatic N) is 1. The molecule has 0 atom stereocenters. The number of carbonyl (C=O) groups is 2. The highest BCUT2D eigenvalue weighted by molar-refractivity contribution is 7.89. The molecule has 2 rings (SSSR count). The predicted molar refractivity (Wildman–Crippen MR) is 108 cm³/mol. The first-order valence-electron chi connectivity index (χ1n) is 9.71. The number of nitrogens with one attached hydrogen (secondary N) is 1. The molecule has 1 heterocycles. The summed E-state index contributed by atoms with van der Waals surface area (Å²) >= 11 is 0. The Labute approximate surface area is 184 Å². The lowest BCUT2D eigenvalue weighted by molar-refractivity contribution is -0.274. The number of halogens is 3. The van der Waals surface area contributed by atoms with Gasteiger partial charge in [0.2, 0.25) is 15.9 Å². The van der Waals surface area contributed by atoms with Crippen LogP contribution in [0.5, 0.6) is 5.75 Å². The minimum absolute atomic E-state index is 0.105.